The first-order valence-corrected chi connectivity index (χ1v) is 4.08. The van der Waals surface area contributed by atoms with Crippen molar-refractivity contribution in [3.05, 3.63) is 18.4 Å². The van der Waals surface area contributed by atoms with Gasteiger partial charge in [0, 0.05) is 12.6 Å². The van der Waals surface area contributed by atoms with Crippen LogP contribution in [0, 0.1) is 0 Å². The Morgan fingerprint density at radius 1 is 1.67 bits per heavy atom. The van der Waals surface area contributed by atoms with E-state index in [0.717, 1.165) is 18.8 Å². The molecule has 2 N–H and O–H groups in total. The zero-order chi connectivity index (χ0) is 8.81. The van der Waals surface area contributed by atoms with E-state index in [2.05, 4.69) is 22.5 Å². The molecule has 0 aromatic carbocycles. The second-order valence-corrected chi connectivity index (χ2v) is 2.81. The highest BCUT2D eigenvalue weighted by atomic mass is 16.3. The van der Waals surface area contributed by atoms with Crippen LogP contribution in [0.3, 0.4) is 0 Å². The Labute approximate surface area is 72.4 Å². The molecule has 0 spiro atoms. The van der Waals surface area contributed by atoms with Crippen molar-refractivity contribution in [2.24, 2.45) is 0 Å². The Morgan fingerprint density at radius 3 is 3.08 bits per heavy atom. The van der Waals surface area contributed by atoms with Crippen LogP contribution in [0.5, 0.6) is 0 Å². The standard InChI is InChI=1S/C8H15N3O/c1-7(3-9-2)11-5-8-4-10-6-12-8/h4,6-7,9,11H,3,5H2,1-2H3. The van der Waals surface area contributed by atoms with Crippen molar-refractivity contribution in [3.63, 3.8) is 0 Å². The van der Waals surface area contributed by atoms with E-state index in [1.54, 1.807) is 6.20 Å². The zero-order valence-electron chi connectivity index (χ0n) is 7.50. The molecule has 0 radical (unpaired) electrons. The van der Waals surface area contributed by atoms with Gasteiger partial charge >= 0.3 is 0 Å². The lowest BCUT2D eigenvalue weighted by Gasteiger charge is -2.10. The predicted octanol–water partition coefficient (Wildman–Crippen LogP) is 0.372. The van der Waals surface area contributed by atoms with Gasteiger partial charge in [-0.3, -0.25) is 0 Å². The Kier molecular flexibility index (Phi) is 3.76. The van der Waals surface area contributed by atoms with E-state index in [1.165, 1.54) is 6.39 Å². The van der Waals surface area contributed by atoms with Gasteiger partial charge in [0.1, 0.15) is 5.76 Å². The number of rotatable bonds is 5. The molecule has 1 rings (SSSR count). The van der Waals surface area contributed by atoms with Gasteiger partial charge in [0.25, 0.3) is 0 Å². The van der Waals surface area contributed by atoms with Gasteiger partial charge in [-0.1, -0.05) is 0 Å². The van der Waals surface area contributed by atoms with Crippen LogP contribution in [0.1, 0.15) is 12.7 Å². The average molecular weight is 169 g/mol. The third kappa shape index (κ3) is 3.02. The molecule has 1 aromatic rings. The van der Waals surface area contributed by atoms with Crippen LogP contribution in [0.25, 0.3) is 0 Å². The Bertz CT molecular complexity index is 198. The molecule has 0 saturated heterocycles. The lowest BCUT2D eigenvalue weighted by atomic mass is 10.3. The van der Waals surface area contributed by atoms with Crippen LogP contribution in [0.15, 0.2) is 17.0 Å². The molecule has 0 aliphatic rings. The van der Waals surface area contributed by atoms with E-state index in [4.69, 9.17) is 4.42 Å². The van der Waals surface area contributed by atoms with Crippen LogP contribution in [0.2, 0.25) is 0 Å². The Hall–Kier alpha value is -0.870. The first-order chi connectivity index (χ1) is 5.83. The molecule has 1 aromatic heterocycles. The normalized spacial score (nSPS) is 13.2. The summed E-state index contributed by atoms with van der Waals surface area (Å²) in [6.07, 6.45) is 3.17. The van der Waals surface area contributed by atoms with E-state index in [-0.39, 0.29) is 0 Å². The van der Waals surface area contributed by atoms with Gasteiger partial charge in [-0.25, -0.2) is 4.98 Å². The molecule has 0 bridgehead atoms. The summed E-state index contributed by atoms with van der Waals surface area (Å²) in [6, 6.07) is 0.445. The largest absolute Gasteiger partial charge is 0.447 e. The van der Waals surface area contributed by atoms with E-state index in [0.29, 0.717) is 6.04 Å². The van der Waals surface area contributed by atoms with E-state index in [1.807, 2.05) is 7.05 Å². The van der Waals surface area contributed by atoms with Gasteiger partial charge in [-0.05, 0) is 14.0 Å². The van der Waals surface area contributed by atoms with Crippen LogP contribution < -0.4 is 10.6 Å². The molecule has 1 heterocycles. The molecule has 1 unspecified atom stereocenters. The summed E-state index contributed by atoms with van der Waals surface area (Å²) >= 11 is 0. The summed E-state index contributed by atoms with van der Waals surface area (Å²) in [7, 11) is 1.94. The molecule has 1 atom stereocenters. The molecule has 0 fully saturated rings. The van der Waals surface area contributed by atoms with Gasteiger partial charge < -0.3 is 15.1 Å². The Balaban J connectivity index is 2.17. The SMILES string of the molecule is CNCC(C)NCc1cnco1. The van der Waals surface area contributed by atoms with Gasteiger partial charge in [-0.2, -0.15) is 0 Å². The minimum Gasteiger partial charge on any atom is -0.447 e. The maximum Gasteiger partial charge on any atom is 0.180 e. The fraction of sp³-hybridized carbons (Fsp3) is 0.625. The number of aromatic nitrogens is 1. The van der Waals surface area contributed by atoms with Crippen molar-refractivity contribution in [2.45, 2.75) is 19.5 Å². The maximum atomic E-state index is 5.07. The predicted molar refractivity (Wildman–Crippen MR) is 46.7 cm³/mol. The van der Waals surface area contributed by atoms with Crippen molar-refractivity contribution in [1.29, 1.82) is 0 Å². The van der Waals surface area contributed by atoms with Crippen LogP contribution in [-0.2, 0) is 6.54 Å². The van der Waals surface area contributed by atoms with Gasteiger partial charge in [-0.15, -0.1) is 0 Å². The van der Waals surface area contributed by atoms with E-state index in [9.17, 15) is 0 Å². The van der Waals surface area contributed by atoms with Crippen LogP contribution >= 0.6 is 0 Å². The molecule has 4 heteroatoms. The average Bonchev–Trinajstić information content (AvgIpc) is 2.53. The van der Waals surface area contributed by atoms with Crippen LogP contribution in [0.4, 0.5) is 0 Å². The second-order valence-electron chi connectivity index (χ2n) is 2.81. The lowest BCUT2D eigenvalue weighted by Crippen LogP contribution is -2.34. The Morgan fingerprint density at radius 2 is 2.50 bits per heavy atom. The highest BCUT2D eigenvalue weighted by molar-refractivity contribution is 4.87. The number of hydrogen-bond donors (Lipinski definition) is 2. The summed E-state index contributed by atoms with van der Waals surface area (Å²) in [6.45, 7) is 3.81. The summed E-state index contributed by atoms with van der Waals surface area (Å²) in [5.41, 5.74) is 0. The van der Waals surface area contributed by atoms with Crippen molar-refractivity contribution >= 4 is 0 Å². The fourth-order valence-electron chi connectivity index (χ4n) is 0.983. The minimum atomic E-state index is 0.445. The first kappa shape index (κ1) is 9.22. The van der Waals surface area contributed by atoms with E-state index < -0.39 is 0 Å². The van der Waals surface area contributed by atoms with Crippen molar-refractivity contribution in [3.8, 4) is 0 Å². The molecule has 0 aliphatic heterocycles. The lowest BCUT2D eigenvalue weighted by molar-refractivity contribution is 0.446. The summed E-state index contributed by atoms with van der Waals surface area (Å²) < 4.78 is 5.07. The number of hydrogen-bond acceptors (Lipinski definition) is 4. The third-order valence-corrected chi connectivity index (χ3v) is 1.62. The molecule has 4 nitrogen and oxygen atoms in total. The molecule has 0 saturated carbocycles. The van der Waals surface area contributed by atoms with Gasteiger partial charge in [0.05, 0.1) is 12.7 Å². The molecule has 0 aliphatic carbocycles. The topological polar surface area (TPSA) is 50.1 Å². The molecule has 68 valence electrons. The quantitative estimate of drug-likeness (QED) is 0.668. The maximum absolute atomic E-state index is 5.07. The molecular weight excluding hydrogens is 154 g/mol. The van der Waals surface area contributed by atoms with E-state index >= 15 is 0 Å². The highest BCUT2D eigenvalue weighted by Crippen LogP contribution is 1.95. The zero-order valence-corrected chi connectivity index (χ0v) is 7.50. The second kappa shape index (κ2) is 4.90. The number of likely N-dealkylation sites (N-methyl/N-ethyl adjacent to an activating group) is 1. The molecular formula is C8H15N3O. The highest BCUT2D eigenvalue weighted by Gasteiger charge is 2.00. The third-order valence-electron chi connectivity index (χ3n) is 1.62. The number of oxazole rings is 1. The molecule has 0 amide bonds. The van der Waals surface area contributed by atoms with Gasteiger partial charge in [0.15, 0.2) is 6.39 Å². The van der Waals surface area contributed by atoms with Crippen molar-refractivity contribution < 1.29 is 4.42 Å². The first-order valence-electron chi connectivity index (χ1n) is 4.08. The monoisotopic (exact) mass is 169 g/mol. The van der Waals surface area contributed by atoms with Gasteiger partial charge in [0.2, 0.25) is 0 Å². The summed E-state index contributed by atoms with van der Waals surface area (Å²) in [5, 5.41) is 6.38. The minimum absolute atomic E-state index is 0.445. The summed E-state index contributed by atoms with van der Waals surface area (Å²) in [4.78, 5) is 3.82. The summed E-state index contributed by atoms with van der Waals surface area (Å²) in [5.74, 6) is 0.873. The smallest absolute Gasteiger partial charge is 0.180 e. The number of nitrogens with one attached hydrogen (secondary N) is 2. The molecule has 12 heavy (non-hydrogen) atoms. The van der Waals surface area contributed by atoms with Crippen molar-refractivity contribution in [2.75, 3.05) is 13.6 Å². The van der Waals surface area contributed by atoms with Crippen LogP contribution in [-0.4, -0.2) is 24.6 Å². The fourth-order valence-corrected chi connectivity index (χ4v) is 0.983. The van der Waals surface area contributed by atoms with Crippen molar-refractivity contribution in [1.82, 2.24) is 15.6 Å². The number of nitrogens with zero attached hydrogens (tertiary/aromatic N) is 1.